The number of benzene rings is 4. The maximum absolute atomic E-state index is 13.3. The molecule has 0 saturated heterocycles. The minimum atomic E-state index is -4.57. The first-order valence-electron chi connectivity index (χ1n) is 12.3. The van der Waals surface area contributed by atoms with Crippen molar-refractivity contribution < 1.29 is 35.9 Å². The highest BCUT2D eigenvalue weighted by atomic mass is 79.9. The summed E-state index contributed by atoms with van der Waals surface area (Å²) in [5.41, 5.74) is 0.823. The van der Waals surface area contributed by atoms with E-state index in [1.807, 2.05) is 0 Å². The molecule has 0 radical (unpaired) electrons. The maximum Gasteiger partial charge on any atom is 0.416 e. The van der Waals surface area contributed by atoms with Gasteiger partial charge in [0, 0.05) is 40.1 Å². The summed E-state index contributed by atoms with van der Waals surface area (Å²) in [6, 6.07) is 10.9. The normalized spacial score (nSPS) is 11.8. The van der Waals surface area contributed by atoms with E-state index in [-0.39, 0.29) is 22.5 Å². The van der Waals surface area contributed by atoms with Crippen molar-refractivity contribution in [3.8, 4) is 11.1 Å². The Morgan fingerprint density at radius 1 is 0.545 bits per heavy atom. The van der Waals surface area contributed by atoms with E-state index >= 15 is 0 Å². The fourth-order valence-electron chi connectivity index (χ4n) is 4.30. The maximum atomic E-state index is 13.3. The highest BCUT2D eigenvalue weighted by molar-refractivity contribution is 9.11. The van der Waals surface area contributed by atoms with Crippen molar-refractivity contribution in [2.24, 2.45) is 0 Å². The molecule has 0 atom stereocenters. The molecule has 14 heteroatoms. The molecule has 4 nitrogen and oxygen atoms in total. The Bertz CT molecular complexity index is 1640. The summed E-state index contributed by atoms with van der Waals surface area (Å²) in [5, 5.41) is 5.56. The lowest BCUT2D eigenvalue weighted by Crippen LogP contribution is -2.16. The summed E-state index contributed by atoms with van der Waals surface area (Å²) < 4.78 is 80.4. The molecule has 0 fully saturated rings. The van der Waals surface area contributed by atoms with Gasteiger partial charge in [-0.05, 0) is 117 Å². The van der Waals surface area contributed by atoms with Crippen molar-refractivity contribution >= 4 is 86.9 Å². The lowest BCUT2D eigenvalue weighted by Gasteiger charge is -2.23. The third-order valence-electron chi connectivity index (χ3n) is 6.63. The summed E-state index contributed by atoms with van der Waals surface area (Å²) in [6.45, 7) is 3.52. The average Bonchev–Trinajstić information content (AvgIpc) is 2.94. The zero-order chi connectivity index (χ0) is 32.7. The van der Waals surface area contributed by atoms with Gasteiger partial charge in [-0.1, -0.05) is 31.9 Å². The number of carbonyl (C=O) groups is 2. The van der Waals surface area contributed by atoms with Crippen molar-refractivity contribution in [2.45, 2.75) is 26.2 Å². The molecule has 4 aromatic rings. The van der Waals surface area contributed by atoms with E-state index in [4.69, 9.17) is 0 Å². The molecule has 0 unspecified atom stereocenters. The minimum absolute atomic E-state index is 0.0283. The Balaban J connectivity index is 1.83. The molecule has 4 aromatic carbocycles. The van der Waals surface area contributed by atoms with Gasteiger partial charge in [-0.2, -0.15) is 26.3 Å². The number of carbonyl (C=O) groups excluding carboxylic acids is 2. The predicted octanol–water partition coefficient (Wildman–Crippen LogP) is 11.6. The Morgan fingerprint density at radius 3 is 1.11 bits per heavy atom. The number of hydrogen-bond donors (Lipinski definition) is 2. The molecule has 0 aliphatic carbocycles. The van der Waals surface area contributed by atoms with Crippen LogP contribution in [0.1, 0.15) is 43.0 Å². The monoisotopic (exact) mass is 868 g/mol. The van der Waals surface area contributed by atoms with Gasteiger partial charge in [0.2, 0.25) is 0 Å². The second-order valence-corrected chi connectivity index (χ2v) is 12.9. The van der Waals surface area contributed by atoms with Gasteiger partial charge >= 0.3 is 12.4 Å². The Labute approximate surface area is 281 Å². The first-order chi connectivity index (χ1) is 20.4. The SMILES string of the molecule is Cc1c(Br)cc(Br)c(NC(=O)c2ccc(C(F)(F)F)cc2)c1-c1c(C)c(Br)cc(Br)c1NC(=O)c1ccc(C(F)(F)F)cc1. The van der Waals surface area contributed by atoms with Crippen LogP contribution in [-0.4, -0.2) is 11.8 Å². The Hall–Kier alpha value is -2.68. The number of anilines is 2. The number of rotatable bonds is 5. The van der Waals surface area contributed by atoms with Crippen molar-refractivity contribution in [3.05, 3.63) is 112 Å². The predicted molar refractivity (Wildman–Crippen MR) is 171 cm³/mol. The molecular formula is C30H18Br4F6N2O2. The fraction of sp³-hybridized carbons (Fsp3) is 0.133. The van der Waals surface area contributed by atoms with E-state index in [0.29, 0.717) is 40.1 Å². The Morgan fingerprint density at radius 2 is 0.841 bits per heavy atom. The zero-order valence-electron chi connectivity index (χ0n) is 22.4. The first-order valence-corrected chi connectivity index (χ1v) is 15.5. The Kier molecular flexibility index (Phi) is 10.1. The van der Waals surface area contributed by atoms with Crippen LogP contribution in [0, 0.1) is 13.8 Å². The van der Waals surface area contributed by atoms with E-state index in [1.54, 1.807) is 26.0 Å². The molecule has 0 bridgehead atoms. The van der Waals surface area contributed by atoms with Crippen molar-refractivity contribution in [1.82, 2.24) is 0 Å². The number of hydrogen-bond acceptors (Lipinski definition) is 2. The van der Waals surface area contributed by atoms with E-state index in [2.05, 4.69) is 74.4 Å². The van der Waals surface area contributed by atoms with Crippen LogP contribution in [0.15, 0.2) is 78.6 Å². The van der Waals surface area contributed by atoms with Crippen LogP contribution >= 0.6 is 63.7 Å². The standard InChI is InChI=1S/C30H18Br4F6N2O2/c1-13-19(31)11-21(33)25(41-27(43)15-3-7-17(8-4-15)29(35,36)37)23(13)24-14(2)20(32)12-22(34)26(24)42-28(44)16-5-9-18(10-6-16)30(38,39)40/h3-12H,1-2H3,(H,41,43)(H,42,44). The summed E-state index contributed by atoms with van der Waals surface area (Å²) in [7, 11) is 0. The van der Waals surface area contributed by atoms with Gasteiger partial charge in [0.05, 0.1) is 22.5 Å². The topological polar surface area (TPSA) is 58.2 Å². The van der Waals surface area contributed by atoms with Gasteiger partial charge < -0.3 is 10.6 Å². The minimum Gasteiger partial charge on any atom is -0.320 e. The molecule has 0 spiro atoms. The number of amides is 2. The van der Waals surface area contributed by atoms with Gasteiger partial charge in [0.25, 0.3) is 11.8 Å². The van der Waals surface area contributed by atoms with Crippen LogP contribution in [0.4, 0.5) is 37.7 Å². The van der Waals surface area contributed by atoms with E-state index in [9.17, 15) is 35.9 Å². The largest absolute Gasteiger partial charge is 0.416 e. The summed E-state index contributed by atoms with van der Waals surface area (Å²) >= 11 is 14.0. The van der Waals surface area contributed by atoms with Crippen molar-refractivity contribution in [3.63, 3.8) is 0 Å². The zero-order valence-corrected chi connectivity index (χ0v) is 28.7. The van der Waals surface area contributed by atoms with Crippen LogP contribution in [0.2, 0.25) is 0 Å². The lowest BCUT2D eigenvalue weighted by molar-refractivity contribution is -0.138. The molecular weight excluding hydrogens is 854 g/mol. The smallest absolute Gasteiger partial charge is 0.320 e. The van der Waals surface area contributed by atoms with E-state index < -0.39 is 35.3 Å². The van der Waals surface area contributed by atoms with Crippen LogP contribution in [-0.2, 0) is 12.4 Å². The number of halogens is 10. The summed E-state index contributed by atoms with van der Waals surface area (Å²) in [6.07, 6.45) is -9.14. The second kappa shape index (κ2) is 13.0. The second-order valence-electron chi connectivity index (χ2n) is 9.49. The van der Waals surface area contributed by atoms with Crippen molar-refractivity contribution in [1.29, 1.82) is 0 Å². The molecule has 2 N–H and O–H groups in total. The first kappa shape index (κ1) is 34.2. The third-order valence-corrected chi connectivity index (χ3v) is 9.53. The quantitative estimate of drug-likeness (QED) is 0.196. The molecule has 44 heavy (non-hydrogen) atoms. The molecule has 2 amide bonds. The molecule has 0 aromatic heterocycles. The van der Waals surface area contributed by atoms with E-state index in [1.165, 1.54) is 0 Å². The van der Waals surface area contributed by atoms with Crippen LogP contribution in [0.3, 0.4) is 0 Å². The summed E-state index contributed by atoms with van der Waals surface area (Å²) in [4.78, 5) is 26.6. The summed E-state index contributed by atoms with van der Waals surface area (Å²) in [5.74, 6) is -1.38. The van der Waals surface area contributed by atoms with Crippen molar-refractivity contribution in [2.75, 3.05) is 10.6 Å². The van der Waals surface area contributed by atoms with Crippen LogP contribution < -0.4 is 10.6 Å². The molecule has 0 saturated carbocycles. The average molecular weight is 872 g/mol. The fourth-order valence-corrected chi connectivity index (χ4v) is 6.82. The molecule has 0 heterocycles. The van der Waals surface area contributed by atoms with Gasteiger partial charge in [-0.25, -0.2) is 0 Å². The van der Waals surface area contributed by atoms with Gasteiger partial charge in [-0.3, -0.25) is 9.59 Å². The molecule has 4 rings (SSSR count). The number of alkyl halides is 6. The van der Waals surface area contributed by atoms with Gasteiger partial charge in [0.1, 0.15) is 0 Å². The number of nitrogens with one attached hydrogen (secondary N) is 2. The van der Waals surface area contributed by atoms with Gasteiger partial charge in [0.15, 0.2) is 0 Å². The molecule has 230 valence electrons. The highest BCUT2D eigenvalue weighted by Crippen LogP contribution is 2.49. The third kappa shape index (κ3) is 7.24. The van der Waals surface area contributed by atoms with Crippen LogP contribution in [0.25, 0.3) is 11.1 Å². The van der Waals surface area contributed by atoms with E-state index in [0.717, 1.165) is 48.5 Å². The highest BCUT2D eigenvalue weighted by Gasteiger charge is 2.32. The molecule has 0 aliphatic heterocycles. The lowest BCUT2D eigenvalue weighted by atomic mass is 9.92. The van der Waals surface area contributed by atoms with Gasteiger partial charge in [-0.15, -0.1) is 0 Å². The van der Waals surface area contributed by atoms with Crippen LogP contribution in [0.5, 0.6) is 0 Å². The molecule has 0 aliphatic rings.